The highest BCUT2D eigenvalue weighted by molar-refractivity contribution is 5.85. The minimum Gasteiger partial charge on any atom is -0.507 e. The van der Waals surface area contributed by atoms with E-state index in [4.69, 9.17) is 10.5 Å². The van der Waals surface area contributed by atoms with Crippen LogP contribution in [0.3, 0.4) is 0 Å². The lowest BCUT2D eigenvalue weighted by Crippen LogP contribution is -2.51. The first-order valence-corrected chi connectivity index (χ1v) is 8.80. The van der Waals surface area contributed by atoms with Crippen LogP contribution < -0.4 is 15.8 Å². The van der Waals surface area contributed by atoms with Crippen LogP contribution in [-0.4, -0.2) is 29.7 Å². The summed E-state index contributed by atoms with van der Waals surface area (Å²) >= 11 is 0. The van der Waals surface area contributed by atoms with Gasteiger partial charge in [-0.1, -0.05) is 6.42 Å². The van der Waals surface area contributed by atoms with E-state index in [0.717, 1.165) is 53.7 Å². The monoisotopic (exact) mass is 334 g/mol. The van der Waals surface area contributed by atoms with E-state index in [1.165, 1.54) is 0 Å². The molecule has 2 rings (SSSR count). The number of phenols is 1. The molecule has 1 unspecified atom stereocenters. The molecule has 0 spiro atoms. The van der Waals surface area contributed by atoms with E-state index < -0.39 is 5.60 Å². The van der Waals surface area contributed by atoms with Gasteiger partial charge in [0, 0.05) is 18.5 Å². The summed E-state index contributed by atoms with van der Waals surface area (Å²) in [4.78, 5) is 12.6. The zero-order valence-corrected chi connectivity index (χ0v) is 15.3. The van der Waals surface area contributed by atoms with Crippen LogP contribution in [0.1, 0.15) is 54.9 Å². The van der Waals surface area contributed by atoms with E-state index >= 15 is 0 Å². The first-order chi connectivity index (χ1) is 11.3. The number of fused-ring (bicyclic) bond motifs is 1. The topological polar surface area (TPSA) is 84.6 Å². The van der Waals surface area contributed by atoms with Crippen LogP contribution in [0, 0.1) is 20.8 Å². The number of phenolic OH excluding ortho intramolecular Hbond substituents is 1. The van der Waals surface area contributed by atoms with Crippen molar-refractivity contribution in [2.75, 3.05) is 13.1 Å². The van der Waals surface area contributed by atoms with E-state index in [-0.39, 0.29) is 5.91 Å². The van der Waals surface area contributed by atoms with Gasteiger partial charge in [-0.15, -0.1) is 0 Å². The van der Waals surface area contributed by atoms with Crippen molar-refractivity contribution in [1.29, 1.82) is 0 Å². The molecule has 134 valence electrons. The highest BCUT2D eigenvalue weighted by Gasteiger charge is 2.40. The lowest BCUT2D eigenvalue weighted by molar-refractivity contribution is -0.136. The normalized spacial score (nSPS) is 19.5. The zero-order valence-electron chi connectivity index (χ0n) is 15.3. The second kappa shape index (κ2) is 7.43. The number of benzene rings is 1. The van der Waals surface area contributed by atoms with Crippen LogP contribution in [0.2, 0.25) is 0 Å². The van der Waals surface area contributed by atoms with Gasteiger partial charge in [-0.3, -0.25) is 4.79 Å². The Balaban J connectivity index is 2.12. The van der Waals surface area contributed by atoms with Gasteiger partial charge in [-0.05, 0) is 70.2 Å². The molecule has 5 nitrogen and oxygen atoms in total. The molecule has 0 saturated carbocycles. The molecule has 1 amide bonds. The number of rotatable bonds is 6. The third-order valence-corrected chi connectivity index (χ3v) is 5.17. The maximum Gasteiger partial charge on any atom is 0.263 e. The predicted molar refractivity (Wildman–Crippen MR) is 95.6 cm³/mol. The van der Waals surface area contributed by atoms with Crippen molar-refractivity contribution in [2.24, 2.45) is 5.73 Å². The Bertz CT molecular complexity index is 628. The molecule has 0 aromatic heterocycles. The van der Waals surface area contributed by atoms with Crippen molar-refractivity contribution < 1.29 is 14.6 Å². The highest BCUT2D eigenvalue weighted by Crippen LogP contribution is 2.43. The van der Waals surface area contributed by atoms with Crippen molar-refractivity contribution in [1.82, 2.24) is 5.32 Å². The second-order valence-corrected chi connectivity index (χ2v) is 6.97. The number of nitrogens with one attached hydrogen (secondary N) is 1. The number of aromatic hydroxyl groups is 1. The Morgan fingerprint density at radius 3 is 2.58 bits per heavy atom. The number of amides is 1. The summed E-state index contributed by atoms with van der Waals surface area (Å²) in [7, 11) is 0. The molecule has 0 radical (unpaired) electrons. The third-order valence-electron chi connectivity index (χ3n) is 5.17. The molecule has 1 aliphatic rings. The highest BCUT2D eigenvalue weighted by atomic mass is 16.5. The van der Waals surface area contributed by atoms with Crippen molar-refractivity contribution in [3.8, 4) is 11.5 Å². The lowest BCUT2D eigenvalue weighted by Gasteiger charge is -2.36. The molecule has 1 aromatic carbocycles. The lowest BCUT2D eigenvalue weighted by atomic mass is 9.86. The summed E-state index contributed by atoms with van der Waals surface area (Å²) in [5.74, 6) is 1.03. The Kier molecular flexibility index (Phi) is 5.75. The minimum atomic E-state index is -0.860. The summed E-state index contributed by atoms with van der Waals surface area (Å²) < 4.78 is 6.16. The number of carbonyl (C=O) groups excluding carboxylic acids is 1. The molecule has 0 fully saturated rings. The maximum absolute atomic E-state index is 12.6. The van der Waals surface area contributed by atoms with Gasteiger partial charge in [0.25, 0.3) is 5.91 Å². The maximum atomic E-state index is 12.6. The van der Waals surface area contributed by atoms with Gasteiger partial charge >= 0.3 is 0 Å². The number of hydrogen-bond donors (Lipinski definition) is 3. The Labute approximate surface area is 144 Å². The van der Waals surface area contributed by atoms with Crippen molar-refractivity contribution in [2.45, 2.75) is 65.4 Å². The molecule has 5 heteroatoms. The Morgan fingerprint density at radius 1 is 1.21 bits per heavy atom. The van der Waals surface area contributed by atoms with Gasteiger partial charge in [0.2, 0.25) is 0 Å². The van der Waals surface area contributed by atoms with Gasteiger partial charge in [0.05, 0.1) is 0 Å². The largest absolute Gasteiger partial charge is 0.507 e. The molecule has 24 heavy (non-hydrogen) atoms. The minimum absolute atomic E-state index is 0.0660. The molecule has 0 aliphatic carbocycles. The number of carbonyl (C=O) groups is 1. The van der Waals surface area contributed by atoms with Crippen LogP contribution in [0.25, 0.3) is 0 Å². The number of ether oxygens (including phenoxy) is 1. The summed E-state index contributed by atoms with van der Waals surface area (Å²) in [5, 5.41) is 13.2. The third kappa shape index (κ3) is 3.51. The quantitative estimate of drug-likeness (QED) is 0.698. The smallest absolute Gasteiger partial charge is 0.263 e. The number of nitrogens with two attached hydrogens (primary N) is 1. The van der Waals surface area contributed by atoms with Crippen molar-refractivity contribution >= 4 is 5.91 Å². The van der Waals surface area contributed by atoms with Gasteiger partial charge in [0.1, 0.15) is 11.5 Å². The van der Waals surface area contributed by atoms with Crippen LogP contribution in [0.5, 0.6) is 11.5 Å². The molecular formula is C19H30N2O3. The Morgan fingerprint density at radius 2 is 1.92 bits per heavy atom. The molecule has 4 N–H and O–H groups in total. The standard InChI is InChI=1S/C19H30N2O3/c1-12-13(2)17-15(14(3)16(12)22)8-9-19(4,24-17)18(23)21-11-7-5-6-10-20/h22H,5-11,20H2,1-4H3,(H,21,23). The molecule has 1 aromatic rings. The summed E-state index contributed by atoms with van der Waals surface area (Å²) in [5.41, 5.74) is 8.22. The first kappa shape index (κ1) is 18.6. The van der Waals surface area contributed by atoms with Gasteiger partial charge < -0.3 is 20.9 Å². The fourth-order valence-electron chi connectivity index (χ4n) is 3.24. The fourth-order valence-corrected chi connectivity index (χ4v) is 3.24. The van der Waals surface area contributed by atoms with Crippen molar-refractivity contribution in [3.05, 3.63) is 22.3 Å². The van der Waals surface area contributed by atoms with Gasteiger partial charge in [-0.25, -0.2) is 0 Å². The molecule has 0 bridgehead atoms. The first-order valence-electron chi connectivity index (χ1n) is 8.80. The molecule has 1 heterocycles. The average Bonchev–Trinajstić information content (AvgIpc) is 2.57. The van der Waals surface area contributed by atoms with Crippen LogP contribution in [-0.2, 0) is 11.2 Å². The zero-order chi connectivity index (χ0) is 17.9. The Hall–Kier alpha value is -1.75. The van der Waals surface area contributed by atoms with E-state index in [2.05, 4.69) is 5.32 Å². The summed E-state index contributed by atoms with van der Waals surface area (Å²) in [6.45, 7) is 8.91. The number of hydrogen-bond acceptors (Lipinski definition) is 4. The fraction of sp³-hybridized carbons (Fsp3) is 0.632. The summed E-state index contributed by atoms with van der Waals surface area (Å²) in [6, 6.07) is 0. The van der Waals surface area contributed by atoms with E-state index in [9.17, 15) is 9.90 Å². The van der Waals surface area contributed by atoms with Crippen LogP contribution in [0.4, 0.5) is 0 Å². The molecule has 1 aliphatic heterocycles. The van der Waals surface area contributed by atoms with Crippen LogP contribution >= 0.6 is 0 Å². The van der Waals surface area contributed by atoms with Crippen molar-refractivity contribution in [3.63, 3.8) is 0 Å². The number of unbranched alkanes of at least 4 members (excludes halogenated alkanes) is 2. The van der Waals surface area contributed by atoms with Crippen LogP contribution in [0.15, 0.2) is 0 Å². The molecule has 0 saturated heterocycles. The van der Waals surface area contributed by atoms with E-state index in [0.29, 0.717) is 25.3 Å². The van der Waals surface area contributed by atoms with E-state index in [1.54, 1.807) is 0 Å². The summed E-state index contributed by atoms with van der Waals surface area (Å²) in [6.07, 6.45) is 4.28. The predicted octanol–water partition coefficient (Wildman–Crippen LogP) is 2.65. The van der Waals surface area contributed by atoms with Gasteiger partial charge in [0.15, 0.2) is 5.60 Å². The molecular weight excluding hydrogens is 304 g/mol. The average molecular weight is 334 g/mol. The SMILES string of the molecule is Cc1c(C)c2c(c(C)c1O)CCC(C)(C(=O)NCCCCCN)O2. The molecule has 1 atom stereocenters. The van der Waals surface area contributed by atoms with Gasteiger partial charge in [-0.2, -0.15) is 0 Å². The second-order valence-electron chi connectivity index (χ2n) is 6.97. The van der Waals surface area contributed by atoms with E-state index in [1.807, 2.05) is 27.7 Å².